The van der Waals surface area contributed by atoms with Crippen molar-refractivity contribution in [1.29, 1.82) is 0 Å². The van der Waals surface area contributed by atoms with E-state index in [0.29, 0.717) is 0 Å². The second-order valence-corrected chi connectivity index (χ2v) is 3.76. The molecule has 0 radical (unpaired) electrons. The molecule has 1 aliphatic heterocycles. The van der Waals surface area contributed by atoms with Crippen LogP contribution in [0.15, 0.2) is 46.2 Å². The smallest absolute Gasteiger partial charge is 0.0188 e. The molecule has 0 saturated heterocycles. The fourth-order valence-corrected chi connectivity index (χ4v) is 1.96. The lowest BCUT2D eigenvalue weighted by atomic mass is 10.2. The standard InChI is InChI=1S/C11H10S/c1-9-6-7-10-4-2-3-5-11(10)12-8-9/h2-8H,1H3. The van der Waals surface area contributed by atoms with Crippen LogP contribution in [0.1, 0.15) is 12.5 Å². The first-order chi connectivity index (χ1) is 5.86. The maximum Gasteiger partial charge on any atom is 0.0188 e. The third-order valence-corrected chi connectivity index (χ3v) is 2.93. The zero-order chi connectivity index (χ0) is 8.39. The summed E-state index contributed by atoms with van der Waals surface area (Å²) < 4.78 is 0. The van der Waals surface area contributed by atoms with E-state index in [0.717, 1.165) is 0 Å². The molecule has 1 aromatic carbocycles. The van der Waals surface area contributed by atoms with Crippen LogP contribution in [0.3, 0.4) is 0 Å². The Labute approximate surface area is 77.0 Å². The summed E-state index contributed by atoms with van der Waals surface area (Å²) in [7, 11) is 0. The second-order valence-electron chi connectivity index (χ2n) is 2.85. The lowest BCUT2D eigenvalue weighted by Crippen LogP contribution is -1.73. The molecule has 2 rings (SSSR count). The summed E-state index contributed by atoms with van der Waals surface area (Å²) in [6, 6.07) is 8.45. The van der Waals surface area contributed by atoms with Crippen molar-refractivity contribution in [3.63, 3.8) is 0 Å². The van der Waals surface area contributed by atoms with Crippen molar-refractivity contribution in [2.75, 3.05) is 0 Å². The molecule has 0 bridgehead atoms. The number of allylic oxidation sites excluding steroid dienone is 2. The minimum Gasteiger partial charge on any atom is -0.0972 e. The average Bonchev–Trinajstić information content (AvgIpc) is 2.29. The predicted octanol–water partition coefficient (Wildman–Crippen LogP) is 3.71. The van der Waals surface area contributed by atoms with Gasteiger partial charge < -0.3 is 0 Å². The first-order valence-electron chi connectivity index (χ1n) is 3.97. The van der Waals surface area contributed by atoms with Gasteiger partial charge in [0.2, 0.25) is 0 Å². The van der Waals surface area contributed by atoms with Crippen LogP contribution in [0.2, 0.25) is 0 Å². The molecule has 1 aliphatic rings. The number of fused-ring (bicyclic) bond motifs is 1. The van der Waals surface area contributed by atoms with Gasteiger partial charge in [-0.1, -0.05) is 42.1 Å². The van der Waals surface area contributed by atoms with Gasteiger partial charge in [0.25, 0.3) is 0 Å². The van der Waals surface area contributed by atoms with Crippen LogP contribution in [0.5, 0.6) is 0 Å². The molecular weight excluding hydrogens is 164 g/mol. The van der Waals surface area contributed by atoms with Crippen molar-refractivity contribution in [3.8, 4) is 0 Å². The van der Waals surface area contributed by atoms with Gasteiger partial charge in [0.1, 0.15) is 0 Å². The first kappa shape index (κ1) is 7.69. The number of hydrogen-bond acceptors (Lipinski definition) is 1. The van der Waals surface area contributed by atoms with E-state index in [-0.39, 0.29) is 0 Å². The predicted molar refractivity (Wildman–Crippen MR) is 55.1 cm³/mol. The van der Waals surface area contributed by atoms with Gasteiger partial charge in [0, 0.05) is 4.90 Å². The van der Waals surface area contributed by atoms with E-state index in [1.807, 2.05) is 0 Å². The third-order valence-electron chi connectivity index (χ3n) is 1.82. The Hall–Kier alpha value is -0.950. The van der Waals surface area contributed by atoms with E-state index in [9.17, 15) is 0 Å². The van der Waals surface area contributed by atoms with Crippen molar-refractivity contribution < 1.29 is 0 Å². The van der Waals surface area contributed by atoms with Crippen molar-refractivity contribution in [1.82, 2.24) is 0 Å². The van der Waals surface area contributed by atoms with Gasteiger partial charge >= 0.3 is 0 Å². The largest absolute Gasteiger partial charge is 0.0972 e. The van der Waals surface area contributed by atoms with Crippen LogP contribution in [0.4, 0.5) is 0 Å². The number of benzene rings is 1. The first-order valence-corrected chi connectivity index (χ1v) is 4.85. The maximum atomic E-state index is 2.18. The van der Waals surface area contributed by atoms with E-state index in [1.165, 1.54) is 16.0 Å². The molecular formula is C11H10S. The molecule has 12 heavy (non-hydrogen) atoms. The molecule has 0 unspecified atom stereocenters. The highest BCUT2D eigenvalue weighted by atomic mass is 32.2. The Morgan fingerprint density at radius 2 is 1.92 bits per heavy atom. The number of thioether (sulfide) groups is 1. The lowest BCUT2D eigenvalue weighted by molar-refractivity contribution is 1.43. The van der Waals surface area contributed by atoms with Gasteiger partial charge in [-0.2, -0.15) is 0 Å². The van der Waals surface area contributed by atoms with E-state index in [2.05, 4.69) is 48.7 Å². The third kappa shape index (κ3) is 1.46. The summed E-state index contributed by atoms with van der Waals surface area (Å²) in [5, 5.41) is 2.18. The summed E-state index contributed by atoms with van der Waals surface area (Å²) in [6.45, 7) is 2.12. The molecule has 0 saturated carbocycles. The highest BCUT2D eigenvalue weighted by molar-refractivity contribution is 8.02. The fourth-order valence-electron chi connectivity index (χ4n) is 1.14. The minimum absolute atomic E-state index is 1.32. The summed E-state index contributed by atoms with van der Waals surface area (Å²) in [5.74, 6) is 0. The van der Waals surface area contributed by atoms with E-state index >= 15 is 0 Å². The van der Waals surface area contributed by atoms with Gasteiger partial charge in [0.15, 0.2) is 0 Å². The molecule has 1 heterocycles. The van der Waals surface area contributed by atoms with Crippen LogP contribution >= 0.6 is 11.8 Å². The van der Waals surface area contributed by atoms with Gasteiger partial charge in [0.05, 0.1) is 0 Å². The topological polar surface area (TPSA) is 0 Å². The maximum absolute atomic E-state index is 2.18. The van der Waals surface area contributed by atoms with E-state index in [4.69, 9.17) is 0 Å². The molecule has 0 fully saturated rings. The molecule has 0 aliphatic carbocycles. The second kappa shape index (κ2) is 3.20. The summed E-state index contributed by atoms with van der Waals surface area (Å²) in [6.07, 6.45) is 4.32. The fraction of sp³-hybridized carbons (Fsp3) is 0.0909. The van der Waals surface area contributed by atoms with Crippen LogP contribution < -0.4 is 0 Å². The van der Waals surface area contributed by atoms with Crippen LogP contribution in [0, 0.1) is 0 Å². The van der Waals surface area contributed by atoms with Crippen LogP contribution in [-0.2, 0) is 0 Å². The van der Waals surface area contributed by atoms with Crippen molar-refractivity contribution in [2.45, 2.75) is 11.8 Å². The molecule has 0 amide bonds. The van der Waals surface area contributed by atoms with Crippen molar-refractivity contribution in [2.24, 2.45) is 0 Å². The van der Waals surface area contributed by atoms with Gasteiger partial charge in [-0.25, -0.2) is 0 Å². The minimum atomic E-state index is 1.32. The highest BCUT2D eigenvalue weighted by Gasteiger charge is 2.00. The van der Waals surface area contributed by atoms with Gasteiger partial charge in [-0.05, 0) is 29.5 Å². The van der Waals surface area contributed by atoms with Gasteiger partial charge in [-0.15, -0.1) is 0 Å². The van der Waals surface area contributed by atoms with Crippen molar-refractivity contribution in [3.05, 3.63) is 46.9 Å². The van der Waals surface area contributed by atoms with Crippen LogP contribution in [0.25, 0.3) is 6.08 Å². The summed E-state index contributed by atoms with van der Waals surface area (Å²) >= 11 is 1.79. The molecule has 0 atom stereocenters. The molecule has 0 nitrogen and oxygen atoms in total. The number of hydrogen-bond donors (Lipinski definition) is 0. The number of rotatable bonds is 0. The summed E-state index contributed by atoms with van der Waals surface area (Å²) in [4.78, 5) is 1.34. The normalized spacial score (nSPS) is 14.9. The zero-order valence-corrected chi connectivity index (χ0v) is 7.77. The highest BCUT2D eigenvalue weighted by Crippen LogP contribution is 2.28. The molecule has 0 spiro atoms. The van der Waals surface area contributed by atoms with E-state index in [1.54, 1.807) is 11.8 Å². The zero-order valence-electron chi connectivity index (χ0n) is 6.95. The van der Waals surface area contributed by atoms with Gasteiger partial charge in [-0.3, -0.25) is 0 Å². The Morgan fingerprint density at radius 1 is 1.08 bits per heavy atom. The Kier molecular flexibility index (Phi) is 2.05. The molecule has 1 aromatic rings. The Morgan fingerprint density at radius 3 is 2.83 bits per heavy atom. The summed E-state index contributed by atoms with van der Waals surface area (Å²) in [5.41, 5.74) is 2.63. The average molecular weight is 174 g/mol. The quantitative estimate of drug-likeness (QED) is 0.577. The van der Waals surface area contributed by atoms with Crippen molar-refractivity contribution >= 4 is 17.8 Å². The Balaban J connectivity index is 2.48. The lowest BCUT2D eigenvalue weighted by Gasteiger charge is -1.98. The molecule has 60 valence electrons. The molecule has 0 aromatic heterocycles. The van der Waals surface area contributed by atoms with Crippen LogP contribution in [-0.4, -0.2) is 0 Å². The molecule has 0 N–H and O–H groups in total. The Bertz CT molecular complexity index is 348. The monoisotopic (exact) mass is 174 g/mol. The molecule has 1 heteroatoms. The van der Waals surface area contributed by atoms with E-state index < -0.39 is 0 Å². The SMILES string of the molecule is CC1=CSc2ccccc2C=C1.